The second kappa shape index (κ2) is 55.7. The zero-order valence-electron chi connectivity index (χ0n) is 45.5. The number of nitrogens with one attached hydrogen (secondary N) is 1. The third kappa shape index (κ3) is 50.2. The smallest absolute Gasteiger partial charge is 0.306 e. The summed E-state index contributed by atoms with van der Waals surface area (Å²) in [5, 5.41) is 23.9. The number of aliphatic hydroxyl groups excluding tert-OH is 2. The molecule has 0 bridgehead atoms. The van der Waals surface area contributed by atoms with E-state index in [4.69, 9.17) is 4.74 Å². The molecule has 0 aromatic carbocycles. The van der Waals surface area contributed by atoms with Gasteiger partial charge < -0.3 is 20.3 Å². The highest BCUT2D eigenvalue weighted by Crippen LogP contribution is 2.18. The molecule has 0 aliphatic carbocycles. The van der Waals surface area contributed by atoms with E-state index in [0.29, 0.717) is 19.3 Å². The van der Waals surface area contributed by atoms with Gasteiger partial charge in [0.25, 0.3) is 0 Å². The molecule has 0 saturated heterocycles. The molecule has 0 aliphatic rings. The van der Waals surface area contributed by atoms with Crippen LogP contribution in [0.5, 0.6) is 0 Å². The lowest BCUT2D eigenvalue weighted by Crippen LogP contribution is -2.46. The van der Waals surface area contributed by atoms with Crippen LogP contribution in [0.25, 0.3) is 0 Å². The minimum Gasteiger partial charge on any atom is -0.462 e. The van der Waals surface area contributed by atoms with Gasteiger partial charge in [0.05, 0.1) is 25.2 Å². The van der Waals surface area contributed by atoms with Gasteiger partial charge in [-0.15, -0.1) is 0 Å². The minimum atomic E-state index is -0.795. The van der Waals surface area contributed by atoms with Crippen LogP contribution in [0.4, 0.5) is 0 Å². The predicted molar refractivity (Wildman–Crippen MR) is 296 cm³/mol. The van der Waals surface area contributed by atoms with Crippen LogP contribution in [-0.2, 0) is 14.3 Å². The van der Waals surface area contributed by atoms with Gasteiger partial charge >= 0.3 is 5.97 Å². The van der Waals surface area contributed by atoms with Crippen LogP contribution in [0.3, 0.4) is 0 Å². The topological polar surface area (TPSA) is 95.9 Å². The Morgan fingerprint density at radius 2 is 0.794 bits per heavy atom. The normalized spacial score (nSPS) is 13.4. The lowest BCUT2D eigenvalue weighted by Gasteiger charge is -2.24. The van der Waals surface area contributed by atoms with Gasteiger partial charge in [0.1, 0.15) is 6.10 Å². The first-order valence-corrected chi connectivity index (χ1v) is 29.9. The maximum Gasteiger partial charge on any atom is 0.306 e. The second-order valence-corrected chi connectivity index (χ2v) is 20.4. The van der Waals surface area contributed by atoms with Crippen molar-refractivity contribution >= 4 is 11.9 Å². The Morgan fingerprint density at radius 1 is 0.441 bits per heavy atom. The molecule has 0 radical (unpaired) electrons. The monoisotopic (exact) mass is 954 g/mol. The summed E-state index contributed by atoms with van der Waals surface area (Å²) in [5.74, 6) is -0.491. The number of carbonyl (C=O) groups excluding carboxylic acids is 2. The molecular formula is C62H115NO5. The molecule has 398 valence electrons. The van der Waals surface area contributed by atoms with Crippen LogP contribution in [0.2, 0.25) is 0 Å². The Balaban J connectivity index is 4.56. The van der Waals surface area contributed by atoms with Gasteiger partial charge in [-0.1, -0.05) is 262 Å². The number of aliphatic hydroxyl groups is 2. The number of esters is 1. The highest BCUT2D eigenvalue weighted by molar-refractivity contribution is 5.77. The van der Waals surface area contributed by atoms with Gasteiger partial charge in [-0.3, -0.25) is 9.59 Å². The number of hydrogen-bond donors (Lipinski definition) is 3. The Bertz CT molecular complexity index is 1160. The number of amides is 1. The molecular weight excluding hydrogens is 839 g/mol. The average molecular weight is 955 g/mol. The van der Waals surface area contributed by atoms with E-state index in [9.17, 15) is 19.8 Å². The molecule has 0 fully saturated rings. The third-order valence-corrected chi connectivity index (χ3v) is 13.6. The van der Waals surface area contributed by atoms with Crippen molar-refractivity contribution in [1.82, 2.24) is 5.32 Å². The van der Waals surface area contributed by atoms with Crippen LogP contribution >= 0.6 is 0 Å². The Hall–Kier alpha value is -2.18. The van der Waals surface area contributed by atoms with Crippen LogP contribution < -0.4 is 5.32 Å². The highest BCUT2D eigenvalue weighted by Gasteiger charge is 2.24. The summed E-state index contributed by atoms with van der Waals surface area (Å²) in [6, 6.07) is -0.710. The fourth-order valence-corrected chi connectivity index (χ4v) is 9.15. The van der Waals surface area contributed by atoms with E-state index in [0.717, 1.165) is 89.9 Å². The van der Waals surface area contributed by atoms with E-state index in [1.165, 1.54) is 173 Å². The quantitative estimate of drug-likeness (QED) is 0.0321. The molecule has 68 heavy (non-hydrogen) atoms. The van der Waals surface area contributed by atoms with Gasteiger partial charge in [-0.25, -0.2) is 0 Å². The van der Waals surface area contributed by atoms with Crippen molar-refractivity contribution in [2.45, 2.75) is 328 Å². The number of unbranched alkanes of at least 4 members (excludes halogenated alkanes) is 34. The summed E-state index contributed by atoms with van der Waals surface area (Å²) in [5.41, 5.74) is 0. The lowest BCUT2D eigenvalue weighted by atomic mass is 10.0. The first-order chi connectivity index (χ1) is 33.5. The molecule has 1 amide bonds. The maximum atomic E-state index is 13.3. The lowest BCUT2D eigenvalue weighted by molar-refractivity contribution is -0.151. The zero-order valence-corrected chi connectivity index (χ0v) is 45.5. The van der Waals surface area contributed by atoms with Crippen LogP contribution in [-0.4, -0.2) is 46.9 Å². The molecule has 6 nitrogen and oxygen atoms in total. The summed E-state index contributed by atoms with van der Waals surface area (Å²) >= 11 is 0. The van der Waals surface area contributed by atoms with Gasteiger partial charge in [0.15, 0.2) is 0 Å². The largest absolute Gasteiger partial charge is 0.462 e. The first-order valence-electron chi connectivity index (χ1n) is 29.9. The molecule has 0 saturated carbocycles. The van der Waals surface area contributed by atoms with Crippen molar-refractivity contribution in [3.05, 3.63) is 48.6 Å². The van der Waals surface area contributed by atoms with Gasteiger partial charge in [-0.2, -0.15) is 0 Å². The molecule has 6 heteroatoms. The summed E-state index contributed by atoms with van der Waals surface area (Å²) < 4.78 is 5.96. The van der Waals surface area contributed by atoms with E-state index < -0.39 is 18.2 Å². The fraction of sp³-hybridized carbons (Fsp3) is 0.839. The van der Waals surface area contributed by atoms with Crippen LogP contribution in [0.1, 0.15) is 310 Å². The predicted octanol–water partition coefficient (Wildman–Crippen LogP) is 18.6. The average Bonchev–Trinajstić information content (AvgIpc) is 3.33. The molecule has 3 unspecified atom stereocenters. The summed E-state index contributed by atoms with van der Waals surface area (Å²) in [4.78, 5) is 26.3. The molecule has 0 spiro atoms. The molecule has 0 aliphatic heterocycles. The second-order valence-electron chi connectivity index (χ2n) is 20.4. The highest BCUT2D eigenvalue weighted by atomic mass is 16.5. The van der Waals surface area contributed by atoms with Crippen molar-refractivity contribution in [2.24, 2.45) is 0 Å². The molecule has 0 aromatic heterocycles. The standard InChI is InChI=1S/C62H115NO5/c1-4-7-10-13-16-19-22-25-28-31-33-36-39-42-45-48-51-54-60(65)59(57-64)63-61(66)56-58(53-50-47-44-41-38-35-32-29-26-23-20-17-14-11-8-5-2)68-62(67)55-52-49-46-43-40-37-34-30-27-24-21-18-15-12-9-6-3/h9,12,18,21,27,30,35,38,58-60,64-65H,4-8,10-11,13-17,19-20,22-26,28-29,31-34,36-37,39-57H2,1-3H3,(H,63,66)/b12-9+,21-18+,30-27+,38-35+. The molecule has 3 N–H and O–H groups in total. The Kier molecular flexibility index (Phi) is 54.0. The van der Waals surface area contributed by atoms with E-state index in [1.807, 2.05) is 0 Å². The third-order valence-electron chi connectivity index (χ3n) is 13.6. The Morgan fingerprint density at radius 3 is 1.24 bits per heavy atom. The van der Waals surface area contributed by atoms with E-state index in [1.54, 1.807) is 0 Å². The summed E-state index contributed by atoms with van der Waals surface area (Å²) in [6.45, 7) is 6.41. The summed E-state index contributed by atoms with van der Waals surface area (Å²) in [6.07, 6.45) is 68.9. The van der Waals surface area contributed by atoms with Crippen molar-refractivity contribution in [1.29, 1.82) is 0 Å². The molecule has 3 atom stereocenters. The van der Waals surface area contributed by atoms with E-state index >= 15 is 0 Å². The number of rotatable bonds is 54. The van der Waals surface area contributed by atoms with Crippen molar-refractivity contribution < 1.29 is 24.5 Å². The fourth-order valence-electron chi connectivity index (χ4n) is 9.15. The number of ether oxygens (including phenoxy) is 1. The maximum absolute atomic E-state index is 13.3. The van der Waals surface area contributed by atoms with Gasteiger partial charge in [-0.05, 0) is 83.5 Å². The van der Waals surface area contributed by atoms with Crippen molar-refractivity contribution in [2.75, 3.05) is 6.61 Å². The number of hydrogen-bond acceptors (Lipinski definition) is 5. The van der Waals surface area contributed by atoms with Gasteiger partial charge in [0.2, 0.25) is 5.91 Å². The van der Waals surface area contributed by atoms with E-state index in [2.05, 4.69) is 74.7 Å². The molecule has 0 aromatic rings. The summed E-state index contributed by atoms with van der Waals surface area (Å²) in [7, 11) is 0. The number of allylic oxidation sites excluding steroid dienone is 8. The van der Waals surface area contributed by atoms with Crippen LogP contribution in [0, 0.1) is 0 Å². The Labute approximate surface area is 423 Å². The molecule has 0 heterocycles. The van der Waals surface area contributed by atoms with Crippen LogP contribution in [0.15, 0.2) is 48.6 Å². The van der Waals surface area contributed by atoms with Crippen molar-refractivity contribution in [3.63, 3.8) is 0 Å². The molecule has 0 rings (SSSR count). The van der Waals surface area contributed by atoms with E-state index in [-0.39, 0.29) is 24.9 Å². The minimum absolute atomic E-state index is 0.0633. The van der Waals surface area contributed by atoms with Crippen molar-refractivity contribution in [3.8, 4) is 0 Å². The number of carbonyl (C=O) groups is 2. The zero-order chi connectivity index (χ0) is 49.5. The SMILES string of the molecule is CC/C=C/C/C=C/C/C=C/CCCCCCCCC(=O)OC(CCCCC/C=C/CCCCCCCCCCC)CC(=O)NC(CO)C(O)CCCCCCCCCCCCCCCCCCC. The van der Waals surface area contributed by atoms with Gasteiger partial charge in [0, 0.05) is 6.42 Å². The first kappa shape index (κ1) is 65.8.